The predicted octanol–water partition coefficient (Wildman–Crippen LogP) is 4.51. The molecule has 0 radical (unpaired) electrons. The Balaban J connectivity index is 2.27. The molecule has 1 N–H and O–H groups in total. The largest absolute Gasteiger partial charge is 0.321 e. The fourth-order valence-electron chi connectivity index (χ4n) is 1.35. The summed E-state index contributed by atoms with van der Waals surface area (Å²) in [6.07, 6.45) is 1.61. The highest BCUT2D eigenvalue weighted by Gasteiger charge is 2.12. The van der Waals surface area contributed by atoms with Gasteiger partial charge in [0.15, 0.2) is 0 Å². The van der Waals surface area contributed by atoms with E-state index in [0.717, 1.165) is 0 Å². The molecule has 0 aliphatic rings. The lowest BCUT2D eigenvalue weighted by Gasteiger charge is -2.08. The molecule has 1 aromatic carbocycles. The Hall–Kier alpha value is -0.910. The van der Waals surface area contributed by atoms with Gasteiger partial charge in [-0.2, -0.15) is 0 Å². The first-order chi connectivity index (χ1) is 8.59. The highest BCUT2D eigenvalue weighted by atomic mass is 79.9. The zero-order valence-electron chi connectivity index (χ0n) is 8.95. The van der Waals surface area contributed by atoms with Crippen molar-refractivity contribution in [3.05, 3.63) is 56.2 Å². The Bertz CT molecular complexity index is 604. The first-order valence-corrected chi connectivity index (χ1v) is 6.92. The van der Waals surface area contributed by atoms with Gasteiger partial charge in [0.1, 0.15) is 4.60 Å². The third-order valence-corrected chi connectivity index (χ3v) is 4.23. The number of carbonyl (C=O) groups is 1. The van der Waals surface area contributed by atoms with Crippen LogP contribution in [-0.2, 0) is 0 Å². The number of halogens is 3. The van der Waals surface area contributed by atoms with Crippen molar-refractivity contribution in [1.29, 1.82) is 0 Å². The molecule has 0 atom stereocenters. The van der Waals surface area contributed by atoms with Crippen LogP contribution in [0, 0.1) is 0 Å². The lowest BCUT2D eigenvalue weighted by Crippen LogP contribution is -2.13. The second kappa shape index (κ2) is 5.82. The first kappa shape index (κ1) is 13.5. The molecule has 0 aliphatic heterocycles. The zero-order valence-corrected chi connectivity index (χ0v) is 12.9. The van der Waals surface area contributed by atoms with Gasteiger partial charge in [-0.3, -0.25) is 4.79 Å². The molecule has 0 saturated carbocycles. The number of carbonyl (C=O) groups excluding carboxylic acids is 1. The standard InChI is InChI=1S/C12H7Br2ClN2O/c13-10-8(15)4-1-5-9(10)17-12(18)7-3-2-6-16-11(7)14/h1-6H,(H,17,18). The molecule has 0 aliphatic carbocycles. The Morgan fingerprint density at radius 1 is 1.22 bits per heavy atom. The number of amides is 1. The molecule has 3 nitrogen and oxygen atoms in total. The van der Waals surface area contributed by atoms with Gasteiger partial charge in [0.25, 0.3) is 5.91 Å². The van der Waals surface area contributed by atoms with Gasteiger partial charge in [-0.1, -0.05) is 17.7 Å². The van der Waals surface area contributed by atoms with E-state index in [1.54, 1.807) is 36.5 Å². The fraction of sp³-hybridized carbons (Fsp3) is 0. The molecule has 0 spiro atoms. The highest BCUT2D eigenvalue weighted by Crippen LogP contribution is 2.30. The number of benzene rings is 1. The van der Waals surface area contributed by atoms with Crippen molar-refractivity contribution in [1.82, 2.24) is 4.98 Å². The van der Waals surface area contributed by atoms with Crippen LogP contribution in [0.3, 0.4) is 0 Å². The van der Waals surface area contributed by atoms with Crippen LogP contribution in [0.2, 0.25) is 5.02 Å². The first-order valence-electron chi connectivity index (χ1n) is 4.95. The van der Waals surface area contributed by atoms with E-state index in [0.29, 0.717) is 25.3 Å². The van der Waals surface area contributed by atoms with Crippen LogP contribution >= 0.6 is 43.5 Å². The van der Waals surface area contributed by atoms with Crippen molar-refractivity contribution in [3.63, 3.8) is 0 Å². The lowest BCUT2D eigenvalue weighted by molar-refractivity contribution is 0.102. The topological polar surface area (TPSA) is 42.0 Å². The molecular formula is C12H7Br2ClN2O. The number of hydrogen-bond acceptors (Lipinski definition) is 2. The molecule has 0 unspecified atom stereocenters. The quantitative estimate of drug-likeness (QED) is 0.767. The third-order valence-electron chi connectivity index (χ3n) is 2.20. The number of rotatable bonds is 2. The maximum atomic E-state index is 12.1. The van der Waals surface area contributed by atoms with Crippen molar-refractivity contribution in [2.75, 3.05) is 5.32 Å². The van der Waals surface area contributed by atoms with Gasteiger partial charge in [-0.05, 0) is 56.1 Å². The maximum Gasteiger partial charge on any atom is 0.258 e. The maximum absolute atomic E-state index is 12.1. The van der Waals surface area contributed by atoms with Crippen LogP contribution in [-0.4, -0.2) is 10.9 Å². The second-order valence-electron chi connectivity index (χ2n) is 3.40. The van der Waals surface area contributed by atoms with E-state index in [4.69, 9.17) is 11.6 Å². The van der Waals surface area contributed by atoms with E-state index in [9.17, 15) is 4.79 Å². The van der Waals surface area contributed by atoms with Crippen LogP contribution in [0.15, 0.2) is 45.6 Å². The lowest BCUT2D eigenvalue weighted by atomic mass is 10.2. The Labute approximate surface area is 126 Å². The Morgan fingerprint density at radius 3 is 2.72 bits per heavy atom. The van der Waals surface area contributed by atoms with Crippen LogP contribution in [0.5, 0.6) is 0 Å². The summed E-state index contributed by atoms with van der Waals surface area (Å²) in [7, 11) is 0. The minimum atomic E-state index is -0.252. The fourth-order valence-corrected chi connectivity index (χ4v) is 2.31. The third kappa shape index (κ3) is 2.91. The number of nitrogens with zero attached hydrogens (tertiary/aromatic N) is 1. The van der Waals surface area contributed by atoms with Crippen LogP contribution in [0.4, 0.5) is 5.69 Å². The van der Waals surface area contributed by atoms with Gasteiger partial charge in [-0.25, -0.2) is 4.98 Å². The summed E-state index contributed by atoms with van der Waals surface area (Å²) in [6, 6.07) is 8.65. The molecular weight excluding hydrogens is 383 g/mol. The van der Waals surface area contributed by atoms with E-state index < -0.39 is 0 Å². The van der Waals surface area contributed by atoms with Gasteiger partial charge in [-0.15, -0.1) is 0 Å². The number of pyridine rings is 1. The Morgan fingerprint density at radius 2 is 2.00 bits per heavy atom. The van der Waals surface area contributed by atoms with Crippen molar-refractivity contribution < 1.29 is 4.79 Å². The van der Waals surface area contributed by atoms with Crippen LogP contribution in [0.25, 0.3) is 0 Å². The smallest absolute Gasteiger partial charge is 0.258 e. The van der Waals surface area contributed by atoms with Gasteiger partial charge < -0.3 is 5.32 Å². The number of nitrogens with one attached hydrogen (secondary N) is 1. The summed E-state index contributed by atoms with van der Waals surface area (Å²) in [6.45, 7) is 0. The second-order valence-corrected chi connectivity index (χ2v) is 5.35. The summed E-state index contributed by atoms with van der Waals surface area (Å²) in [5, 5.41) is 3.31. The summed E-state index contributed by atoms with van der Waals surface area (Å²) in [5.74, 6) is -0.252. The Kier molecular flexibility index (Phi) is 4.37. The number of hydrogen-bond donors (Lipinski definition) is 1. The number of anilines is 1. The van der Waals surface area contributed by atoms with Gasteiger partial charge >= 0.3 is 0 Å². The predicted molar refractivity (Wildman–Crippen MR) is 79.0 cm³/mol. The number of aromatic nitrogens is 1. The molecule has 6 heteroatoms. The molecule has 2 rings (SSSR count). The molecule has 1 heterocycles. The van der Waals surface area contributed by atoms with Gasteiger partial charge in [0.2, 0.25) is 0 Å². The van der Waals surface area contributed by atoms with Gasteiger partial charge in [0.05, 0.1) is 20.7 Å². The van der Waals surface area contributed by atoms with Crippen molar-refractivity contribution in [2.24, 2.45) is 0 Å². The van der Waals surface area contributed by atoms with Crippen molar-refractivity contribution >= 4 is 55.1 Å². The monoisotopic (exact) mass is 388 g/mol. The van der Waals surface area contributed by atoms with E-state index in [2.05, 4.69) is 42.2 Å². The summed E-state index contributed by atoms with van der Waals surface area (Å²) in [5.41, 5.74) is 1.08. The molecule has 1 amide bonds. The van der Waals surface area contributed by atoms with E-state index in [1.807, 2.05) is 0 Å². The summed E-state index contributed by atoms with van der Waals surface area (Å²) in [4.78, 5) is 16.1. The SMILES string of the molecule is O=C(Nc1cccc(Cl)c1Br)c1cccnc1Br. The average Bonchev–Trinajstić information content (AvgIpc) is 2.35. The molecule has 1 aromatic heterocycles. The summed E-state index contributed by atoms with van der Waals surface area (Å²) < 4.78 is 1.15. The van der Waals surface area contributed by atoms with Gasteiger partial charge in [0, 0.05) is 6.20 Å². The normalized spacial score (nSPS) is 10.2. The molecule has 2 aromatic rings. The molecule has 18 heavy (non-hydrogen) atoms. The van der Waals surface area contributed by atoms with Crippen molar-refractivity contribution in [2.45, 2.75) is 0 Å². The molecule has 0 bridgehead atoms. The average molecular weight is 390 g/mol. The highest BCUT2D eigenvalue weighted by molar-refractivity contribution is 9.11. The minimum absolute atomic E-state index is 0.252. The van der Waals surface area contributed by atoms with Crippen LogP contribution < -0.4 is 5.32 Å². The van der Waals surface area contributed by atoms with E-state index >= 15 is 0 Å². The van der Waals surface area contributed by atoms with E-state index in [-0.39, 0.29) is 5.91 Å². The molecule has 0 saturated heterocycles. The summed E-state index contributed by atoms with van der Waals surface area (Å²) >= 11 is 12.5. The minimum Gasteiger partial charge on any atom is -0.321 e. The zero-order chi connectivity index (χ0) is 13.1. The van der Waals surface area contributed by atoms with Crippen molar-refractivity contribution in [3.8, 4) is 0 Å². The molecule has 0 fully saturated rings. The molecule has 92 valence electrons. The van der Waals surface area contributed by atoms with Crippen LogP contribution in [0.1, 0.15) is 10.4 Å². The van der Waals surface area contributed by atoms with E-state index in [1.165, 1.54) is 0 Å².